The van der Waals surface area contributed by atoms with Crippen molar-refractivity contribution in [3.63, 3.8) is 0 Å². The van der Waals surface area contributed by atoms with Crippen molar-refractivity contribution in [2.24, 2.45) is 0 Å². The maximum atomic E-state index is 12.7. The highest BCUT2D eigenvalue weighted by molar-refractivity contribution is 7.89. The normalized spacial score (nSPS) is 12.0. The average Bonchev–Trinajstić information content (AvgIpc) is 2.54. The largest absolute Gasteiger partial charge is 0.339 e. The SMILES string of the molecule is CCCCN(CC)C(=O)c1cc(S(=O)(=O)N(C)C(C)C)ccc1Cl. The molecule has 0 aliphatic carbocycles. The molecule has 136 valence electrons. The van der Waals surface area contributed by atoms with Crippen LogP contribution in [0.1, 0.15) is 50.9 Å². The average molecular weight is 375 g/mol. The van der Waals surface area contributed by atoms with Gasteiger partial charge in [0.25, 0.3) is 5.91 Å². The van der Waals surface area contributed by atoms with E-state index in [1.165, 1.54) is 29.6 Å². The molecule has 1 rings (SSSR count). The van der Waals surface area contributed by atoms with Crippen molar-refractivity contribution in [2.45, 2.75) is 51.5 Å². The summed E-state index contributed by atoms with van der Waals surface area (Å²) in [7, 11) is -2.13. The first-order valence-corrected chi connectivity index (χ1v) is 10.0. The van der Waals surface area contributed by atoms with Crippen LogP contribution in [-0.4, -0.2) is 49.7 Å². The number of rotatable bonds is 8. The van der Waals surface area contributed by atoms with Crippen molar-refractivity contribution in [1.82, 2.24) is 9.21 Å². The minimum atomic E-state index is -3.66. The van der Waals surface area contributed by atoms with Crippen LogP contribution in [0, 0.1) is 0 Å². The third-order valence-corrected chi connectivity index (χ3v) is 6.38. The van der Waals surface area contributed by atoms with E-state index < -0.39 is 10.0 Å². The Morgan fingerprint density at radius 3 is 2.38 bits per heavy atom. The highest BCUT2D eigenvalue weighted by Gasteiger charge is 2.26. The van der Waals surface area contributed by atoms with Crippen LogP contribution in [-0.2, 0) is 10.0 Å². The lowest BCUT2D eigenvalue weighted by molar-refractivity contribution is 0.0762. The fourth-order valence-corrected chi connectivity index (χ4v) is 3.79. The molecule has 0 saturated carbocycles. The number of hydrogen-bond donors (Lipinski definition) is 0. The van der Waals surface area contributed by atoms with Crippen LogP contribution in [0.15, 0.2) is 23.1 Å². The van der Waals surface area contributed by atoms with Gasteiger partial charge in [-0.3, -0.25) is 4.79 Å². The number of halogens is 1. The predicted octanol–water partition coefficient (Wildman–Crippen LogP) is 3.63. The first-order valence-electron chi connectivity index (χ1n) is 8.23. The van der Waals surface area contributed by atoms with Crippen molar-refractivity contribution in [3.05, 3.63) is 28.8 Å². The molecule has 0 spiro atoms. The lowest BCUT2D eigenvalue weighted by atomic mass is 10.2. The molecule has 0 aliphatic heterocycles. The van der Waals surface area contributed by atoms with Crippen LogP contribution < -0.4 is 0 Å². The fraction of sp³-hybridized carbons (Fsp3) is 0.588. The topological polar surface area (TPSA) is 57.7 Å². The minimum Gasteiger partial charge on any atom is -0.339 e. The monoisotopic (exact) mass is 374 g/mol. The Hall–Kier alpha value is -1.11. The smallest absolute Gasteiger partial charge is 0.255 e. The molecule has 0 aromatic heterocycles. The third-order valence-electron chi connectivity index (χ3n) is 4.02. The molecule has 0 atom stereocenters. The van der Waals surface area contributed by atoms with E-state index in [9.17, 15) is 13.2 Å². The van der Waals surface area contributed by atoms with Crippen LogP contribution >= 0.6 is 11.6 Å². The van der Waals surface area contributed by atoms with Crippen molar-refractivity contribution in [1.29, 1.82) is 0 Å². The Kier molecular flexibility index (Phi) is 7.70. The summed E-state index contributed by atoms with van der Waals surface area (Å²) in [6.45, 7) is 8.73. The van der Waals surface area contributed by atoms with E-state index in [1.54, 1.807) is 18.7 Å². The van der Waals surface area contributed by atoms with Crippen molar-refractivity contribution >= 4 is 27.5 Å². The highest BCUT2D eigenvalue weighted by Crippen LogP contribution is 2.24. The summed E-state index contributed by atoms with van der Waals surface area (Å²) in [5.74, 6) is -0.236. The van der Waals surface area contributed by atoms with E-state index in [-0.39, 0.29) is 27.4 Å². The summed E-state index contributed by atoms with van der Waals surface area (Å²) in [6, 6.07) is 4.12. The molecule has 0 heterocycles. The summed E-state index contributed by atoms with van der Waals surface area (Å²) in [4.78, 5) is 14.5. The Balaban J connectivity index is 3.25. The Labute approximate surface area is 150 Å². The fourth-order valence-electron chi connectivity index (χ4n) is 2.20. The molecule has 1 aromatic carbocycles. The van der Waals surface area contributed by atoms with Crippen LogP contribution in [0.3, 0.4) is 0 Å². The third kappa shape index (κ3) is 4.71. The molecular weight excluding hydrogens is 348 g/mol. The van der Waals surface area contributed by atoms with Crippen LogP contribution in [0.25, 0.3) is 0 Å². The second-order valence-corrected chi connectivity index (χ2v) is 8.40. The Morgan fingerprint density at radius 1 is 1.25 bits per heavy atom. The lowest BCUT2D eigenvalue weighted by Crippen LogP contribution is -2.34. The van der Waals surface area contributed by atoms with E-state index in [0.717, 1.165) is 12.8 Å². The maximum Gasteiger partial charge on any atom is 0.255 e. The number of carbonyl (C=O) groups excluding carboxylic acids is 1. The number of sulfonamides is 1. The lowest BCUT2D eigenvalue weighted by Gasteiger charge is -2.23. The first-order chi connectivity index (χ1) is 11.2. The van der Waals surface area contributed by atoms with Crippen LogP contribution in [0.4, 0.5) is 0 Å². The van der Waals surface area contributed by atoms with Crippen molar-refractivity contribution in [2.75, 3.05) is 20.1 Å². The Morgan fingerprint density at radius 2 is 1.88 bits per heavy atom. The van der Waals surface area contributed by atoms with Crippen LogP contribution in [0.2, 0.25) is 5.02 Å². The summed E-state index contributed by atoms with van der Waals surface area (Å²) in [5, 5.41) is 0.265. The number of carbonyl (C=O) groups is 1. The first kappa shape index (κ1) is 20.9. The zero-order valence-electron chi connectivity index (χ0n) is 15.0. The second-order valence-electron chi connectivity index (χ2n) is 6.00. The number of hydrogen-bond acceptors (Lipinski definition) is 3. The van der Waals surface area contributed by atoms with Crippen LogP contribution in [0.5, 0.6) is 0 Å². The standard InChI is InChI=1S/C17H27ClN2O3S/c1-6-8-11-20(7-2)17(21)15-12-14(9-10-16(15)18)24(22,23)19(5)13(3)4/h9-10,12-13H,6-8,11H2,1-5H3. The van der Waals surface area contributed by atoms with E-state index in [2.05, 4.69) is 6.92 Å². The van der Waals surface area contributed by atoms with Gasteiger partial charge in [-0.25, -0.2) is 8.42 Å². The quantitative estimate of drug-likeness (QED) is 0.698. The van der Waals surface area contributed by atoms with Gasteiger partial charge in [-0.15, -0.1) is 0 Å². The molecule has 0 saturated heterocycles. The second kappa shape index (κ2) is 8.83. The molecule has 0 unspecified atom stereocenters. The van der Waals surface area contributed by atoms with Crippen molar-refractivity contribution in [3.8, 4) is 0 Å². The molecule has 1 aromatic rings. The summed E-state index contributed by atoms with van der Waals surface area (Å²) in [5.41, 5.74) is 0.229. The molecule has 0 fully saturated rings. The van der Waals surface area contributed by atoms with Gasteiger partial charge in [0, 0.05) is 26.2 Å². The van der Waals surface area contributed by atoms with Gasteiger partial charge in [0.2, 0.25) is 10.0 Å². The summed E-state index contributed by atoms with van der Waals surface area (Å²) < 4.78 is 26.5. The van der Waals surface area contributed by atoms with E-state index >= 15 is 0 Å². The molecule has 1 amide bonds. The maximum absolute atomic E-state index is 12.7. The number of nitrogens with zero attached hydrogens (tertiary/aromatic N) is 2. The number of benzene rings is 1. The molecule has 5 nitrogen and oxygen atoms in total. The van der Waals surface area contributed by atoms with E-state index in [4.69, 9.17) is 11.6 Å². The van der Waals surface area contributed by atoms with Gasteiger partial charge in [-0.2, -0.15) is 4.31 Å². The van der Waals surface area contributed by atoms with Gasteiger partial charge in [-0.05, 0) is 45.4 Å². The molecule has 7 heteroatoms. The van der Waals surface area contributed by atoms with Gasteiger partial charge in [-0.1, -0.05) is 24.9 Å². The number of amides is 1. The van der Waals surface area contributed by atoms with Gasteiger partial charge < -0.3 is 4.90 Å². The molecule has 0 bridgehead atoms. The molecule has 0 radical (unpaired) electrons. The Bertz CT molecular complexity index is 674. The van der Waals surface area contributed by atoms with Gasteiger partial charge in [0.1, 0.15) is 0 Å². The highest BCUT2D eigenvalue weighted by atomic mass is 35.5. The number of unbranched alkanes of at least 4 members (excludes halogenated alkanes) is 1. The summed E-state index contributed by atoms with van der Waals surface area (Å²) in [6.07, 6.45) is 1.87. The zero-order chi connectivity index (χ0) is 18.5. The summed E-state index contributed by atoms with van der Waals surface area (Å²) >= 11 is 6.16. The zero-order valence-corrected chi connectivity index (χ0v) is 16.6. The van der Waals surface area contributed by atoms with Gasteiger partial charge in [0.05, 0.1) is 15.5 Å². The molecular formula is C17H27ClN2O3S. The van der Waals surface area contributed by atoms with E-state index in [1.807, 2.05) is 6.92 Å². The van der Waals surface area contributed by atoms with E-state index in [0.29, 0.717) is 13.1 Å². The predicted molar refractivity (Wildman–Crippen MR) is 98.0 cm³/mol. The molecule has 0 aliphatic rings. The van der Waals surface area contributed by atoms with Gasteiger partial charge in [0.15, 0.2) is 0 Å². The molecule has 0 N–H and O–H groups in total. The molecule has 24 heavy (non-hydrogen) atoms. The van der Waals surface area contributed by atoms with Gasteiger partial charge >= 0.3 is 0 Å². The van der Waals surface area contributed by atoms with Crippen molar-refractivity contribution < 1.29 is 13.2 Å². The minimum absolute atomic E-state index is 0.0815.